The van der Waals surface area contributed by atoms with Gasteiger partial charge in [0.2, 0.25) is 0 Å². The van der Waals surface area contributed by atoms with Crippen molar-refractivity contribution < 1.29 is 17.5 Å². The van der Waals surface area contributed by atoms with Crippen molar-refractivity contribution in [1.29, 1.82) is 0 Å². The molecule has 1 atom stereocenters. The van der Waals surface area contributed by atoms with Crippen molar-refractivity contribution in [2.75, 3.05) is 38.8 Å². The van der Waals surface area contributed by atoms with E-state index in [1.807, 2.05) is 0 Å². The number of benzene rings is 1. The second-order valence-electron chi connectivity index (χ2n) is 4.86. The van der Waals surface area contributed by atoms with Gasteiger partial charge in [-0.05, 0) is 30.0 Å². The smallest absolute Gasteiger partial charge is 0.147 e. The van der Waals surface area contributed by atoms with Crippen LogP contribution in [0.1, 0.15) is 17.9 Å². The summed E-state index contributed by atoms with van der Waals surface area (Å²) in [7, 11) is -1.37. The molecule has 0 heterocycles. The highest BCUT2D eigenvalue weighted by Crippen LogP contribution is 2.20. The molecular formula is C14H22FNO3S. The van der Waals surface area contributed by atoms with Crippen LogP contribution in [0.4, 0.5) is 4.39 Å². The molecule has 0 aliphatic carbocycles. The lowest BCUT2D eigenvalue weighted by Crippen LogP contribution is -2.26. The van der Waals surface area contributed by atoms with Crippen LogP contribution in [0.25, 0.3) is 0 Å². The average molecular weight is 303 g/mol. The molecule has 0 saturated heterocycles. The van der Waals surface area contributed by atoms with Gasteiger partial charge in [0.15, 0.2) is 0 Å². The van der Waals surface area contributed by atoms with Crippen molar-refractivity contribution in [3.8, 4) is 0 Å². The van der Waals surface area contributed by atoms with Crippen molar-refractivity contribution in [2.45, 2.75) is 12.3 Å². The Bertz CT molecular complexity index is 488. The fourth-order valence-corrected chi connectivity index (χ4v) is 2.64. The number of methoxy groups -OCH3 is 1. The molecule has 0 spiro atoms. The number of hydrogen-bond acceptors (Lipinski definition) is 4. The van der Waals surface area contributed by atoms with Crippen LogP contribution < -0.4 is 5.32 Å². The minimum absolute atomic E-state index is 0.0437. The second-order valence-corrected chi connectivity index (χ2v) is 7.12. The molecule has 20 heavy (non-hydrogen) atoms. The Kier molecular flexibility index (Phi) is 7.12. The molecule has 4 nitrogen and oxygen atoms in total. The zero-order valence-corrected chi connectivity index (χ0v) is 12.7. The number of nitrogens with one attached hydrogen (secondary N) is 1. The first-order valence-corrected chi connectivity index (χ1v) is 8.61. The lowest BCUT2D eigenvalue weighted by Gasteiger charge is -2.18. The summed E-state index contributed by atoms with van der Waals surface area (Å²) < 4.78 is 40.5. The maximum Gasteiger partial charge on any atom is 0.147 e. The van der Waals surface area contributed by atoms with E-state index in [1.165, 1.54) is 18.4 Å². The Hall–Kier alpha value is -0.980. The highest BCUT2D eigenvalue weighted by atomic mass is 32.2. The summed E-state index contributed by atoms with van der Waals surface area (Å²) in [5.74, 6) is -0.119. The molecule has 0 radical (unpaired) electrons. The number of hydrogen-bond donors (Lipinski definition) is 1. The van der Waals surface area contributed by atoms with E-state index in [2.05, 4.69) is 5.32 Å². The zero-order chi connectivity index (χ0) is 15.0. The Morgan fingerprint density at radius 1 is 1.30 bits per heavy atom. The minimum Gasteiger partial charge on any atom is -0.383 e. The molecule has 1 aromatic rings. The monoisotopic (exact) mass is 303 g/mol. The van der Waals surface area contributed by atoms with Crippen molar-refractivity contribution >= 4 is 9.84 Å². The molecule has 0 fully saturated rings. The number of halogens is 1. The first-order valence-electron chi connectivity index (χ1n) is 6.55. The maximum atomic E-state index is 12.9. The van der Waals surface area contributed by atoms with Crippen LogP contribution in [0.2, 0.25) is 0 Å². The average Bonchev–Trinajstić information content (AvgIpc) is 2.38. The van der Waals surface area contributed by atoms with Gasteiger partial charge in [-0.1, -0.05) is 12.1 Å². The molecule has 0 saturated carbocycles. The largest absolute Gasteiger partial charge is 0.383 e. The predicted molar refractivity (Wildman–Crippen MR) is 78.2 cm³/mol. The predicted octanol–water partition coefficient (Wildman–Crippen LogP) is 1.58. The van der Waals surface area contributed by atoms with E-state index in [1.54, 1.807) is 19.2 Å². The van der Waals surface area contributed by atoms with Crippen LogP contribution in [0.15, 0.2) is 24.3 Å². The molecule has 0 bridgehead atoms. The molecule has 1 unspecified atom stereocenters. The fraction of sp³-hybridized carbons (Fsp3) is 0.571. The van der Waals surface area contributed by atoms with Crippen LogP contribution in [-0.4, -0.2) is 47.2 Å². The molecule has 114 valence electrons. The van der Waals surface area contributed by atoms with Crippen LogP contribution in [-0.2, 0) is 14.6 Å². The second kappa shape index (κ2) is 8.34. The number of rotatable bonds is 9. The van der Waals surface area contributed by atoms with Crippen LogP contribution >= 0.6 is 0 Å². The summed E-state index contributed by atoms with van der Waals surface area (Å²) in [6, 6.07) is 6.22. The number of sulfone groups is 1. The summed E-state index contributed by atoms with van der Waals surface area (Å²) in [6.45, 7) is 1.94. The van der Waals surface area contributed by atoms with Crippen molar-refractivity contribution in [2.24, 2.45) is 0 Å². The van der Waals surface area contributed by atoms with Gasteiger partial charge < -0.3 is 10.1 Å². The summed E-state index contributed by atoms with van der Waals surface area (Å²) in [6.07, 6.45) is 1.75. The Morgan fingerprint density at radius 3 is 2.50 bits per heavy atom. The normalized spacial score (nSPS) is 13.3. The van der Waals surface area contributed by atoms with Gasteiger partial charge in [-0.15, -0.1) is 0 Å². The summed E-state index contributed by atoms with van der Waals surface area (Å²) in [5, 5.41) is 3.22. The number of ether oxygens (including phenoxy) is 1. The molecule has 6 heteroatoms. The Morgan fingerprint density at radius 2 is 1.95 bits per heavy atom. The van der Waals surface area contributed by atoms with Gasteiger partial charge in [-0.3, -0.25) is 0 Å². The molecule has 0 aromatic heterocycles. The van der Waals surface area contributed by atoms with Gasteiger partial charge in [0.1, 0.15) is 15.7 Å². The van der Waals surface area contributed by atoms with Crippen molar-refractivity contribution in [1.82, 2.24) is 5.32 Å². The Balaban J connectivity index is 2.65. The lowest BCUT2D eigenvalue weighted by molar-refractivity contribution is 0.199. The highest BCUT2D eigenvalue weighted by molar-refractivity contribution is 7.90. The van der Waals surface area contributed by atoms with E-state index in [0.29, 0.717) is 26.1 Å². The van der Waals surface area contributed by atoms with Gasteiger partial charge in [-0.25, -0.2) is 12.8 Å². The van der Waals surface area contributed by atoms with Gasteiger partial charge >= 0.3 is 0 Å². The standard InChI is InChI=1S/C14H22FNO3S/c1-19-9-8-16-11-13(7-10-20(2,17)18)12-3-5-14(15)6-4-12/h3-6,13,16H,7-11H2,1-2H3. The van der Waals surface area contributed by atoms with Crippen molar-refractivity contribution in [3.63, 3.8) is 0 Å². The fourth-order valence-electron chi connectivity index (χ4n) is 1.93. The SMILES string of the molecule is COCCNCC(CCS(C)(=O)=O)c1ccc(F)cc1. The van der Waals surface area contributed by atoms with E-state index in [-0.39, 0.29) is 17.5 Å². The third kappa shape index (κ3) is 6.98. The van der Waals surface area contributed by atoms with E-state index in [4.69, 9.17) is 4.74 Å². The van der Waals surface area contributed by atoms with Gasteiger partial charge in [0.25, 0.3) is 0 Å². The molecular weight excluding hydrogens is 281 g/mol. The molecule has 0 amide bonds. The molecule has 0 aliphatic heterocycles. The molecule has 1 N–H and O–H groups in total. The topological polar surface area (TPSA) is 55.4 Å². The van der Waals surface area contributed by atoms with Crippen LogP contribution in [0.5, 0.6) is 0 Å². The van der Waals surface area contributed by atoms with E-state index in [0.717, 1.165) is 5.56 Å². The highest BCUT2D eigenvalue weighted by Gasteiger charge is 2.14. The van der Waals surface area contributed by atoms with E-state index < -0.39 is 9.84 Å². The zero-order valence-electron chi connectivity index (χ0n) is 11.9. The first-order chi connectivity index (χ1) is 9.42. The molecule has 1 aromatic carbocycles. The summed E-state index contributed by atoms with van der Waals surface area (Å²) in [4.78, 5) is 0. The third-order valence-corrected chi connectivity index (χ3v) is 4.03. The first kappa shape index (κ1) is 17.1. The van der Waals surface area contributed by atoms with E-state index in [9.17, 15) is 12.8 Å². The molecule has 1 rings (SSSR count). The Labute approximate surface area is 120 Å². The molecule has 0 aliphatic rings. The lowest BCUT2D eigenvalue weighted by atomic mass is 9.96. The van der Waals surface area contributed by atoms with Gasteiger partial charge in [-0.2, -0.15) is 0 Å². The van der Waals surface area contributed by atoms with Crippen LogP contribution in [0, 0.1) is 5.82 Å². The van der Waals surface area contributed by atoms with Gasteiger partial charge in [0, 0.05) is 26.5 Å². The van der Waals surface area contributed by atoms with E-state index >= 15 is 0 Å². The maximum absolute atomic E-state index is 12.9. The minimum atomic E-state index is -3.00. The quantitative estimate of drug-likeness (QED) is 0.704. The van der Waals surface area contributed by atoms with Crippen LogP contribution in [0.3, 0.4) is 0 Å². The van der Waals surface area contributed by atoms with Crippen molar-refractivity contribution in [3.05, 3.63) is 35.6 Å². The third-order valence-electron chi connectivity index (χ3n) is 3.05. The summed E-state index contributed by atoms with van der Waals surface area (Å²) in [5.41, 5.74) is 0.944. The summed E-state index contributed by atoms with van der Waals surface area (Å²) >= 11 is 0. The van der Waals surface area contributed by atoms with Gasteiger partial charge in [0.05, 0.1) is 12.4 Å².